The summed E-state index contributed by atoms with van der Waals surface area (Å²) in [6, 6.07) is 17.4. The first kappa shape index (κ1) is 19.9. The number of anilines is 4. The van der Waals surface area contributed by atoms with Crippen molar-refractivity contribution in [1.29, 1.82) is 0 Å². The van der Waals surface area contributed by atoms with Gasteiger partial charge in [-0.05, 0) is 54.6 Å². The Labute approximate surface area is 181 Å². The smallest absolute Gasteiger partial charge is 0.255 e. The van der Waals surface area contributed by atoms with Crippen LogP contribution in [0.4, 0.5) is 27.4 Å². The standard InChI is InChI=1S/C22H19BrFN5O/c1-25-17-5-3-4-16(24)20(17)28-22-27-18-12-13(6-11-19(18)29(22)2)21(30)26-15-9-7-14(23)8-10-15/h3-12,25H,1-2H3,(H,26,30)(H,27,28). The van der Waals surface area contributed by atoms with Gasteiger partial charge in [-0.15, -0.1) is 0 Å². The minimum atomic E-state index is -0.386. The van der Waals surface area contributed by atoms with Crippen LogP contribution in [-0.2, 0) is 7.05 Å². The van der Waals surface area contributed by atoms with E-state index in [1.807, 2.05) is 41.9 Å². The number of nitrogens with zero attached hydrogens (tertiary/aromatic N) is 2. The van der Waals surface area contributed by atoms with Crippen molar-refractivity contribution >= 4 is 55.9 Å². The van der Waals surface area contributed by atoms with Crippen molar-refractivity contribution in [2.24, 2.45) is 7.05 Å². The molecule has 30 heavy (non-hydrogen) atoms. The number of aromatic nitrogens is 2. The number of fused-ring (bicyclic) bond motifs is 1. The Balaban J connectivity index is 1.63. The largest absolute Gasteiger partial charge is 0.386 e. The molecule has 0 atom stereocenters. The maximum absolute atomic E-state index is 14.3. The average molecular weight is 468 g/mol. The molecule has 3 N–H and O–H groups in total. The van der Waals surface area contributed by atoms with Gasteiger partial charge in [-0.25, -0.2) is 9.37 Å². The fourth-order valence-electron chi connectivity index (χ4n) is 3.16. The molecule has 3 aromatic carbocycles. The summed E-state index contributed by atoms with van der Waals surface area (Å²) in [7, 11) is 3.56. The molecule has 0 saturated heterocycles. The van der Waals surface area contributed by atoms with Crippen molar-refractivity contribution in [3.8, 4) is 0 Å². The second-order valence-corrected chi connectivity index (χ2v) is 7.61. The van der Waals surface area contributed by atoms with Crippen LogP contribution < -0.4 is 16.0 Å². The minimum Gasteiger partial charge on any atom is -0.386 e. The first-order valence-electron chi connectivity index (χ1n) is 9.23. The molecule has 152 valence electrons. The summed E-state index contributed by atoms with van der Waals surface area (Å²) in [4.78, 5) is 17.2. The normalized spacial score (nSPS) is 10.8. The maximum Gasteiger partial charge on any atom is 0.255 e. The first-order valence-corrected chi connectivity index (χ1v) is 10.0. The quantitative estimate of drug-likeness (QED) is 0.361. The Hall–Kier alpha value is -3.39. The number of aryl methyl sites for hydroxylation is 1. The highest BCUT2D eigenvalue weighted by molar-refractivity contribution is 9.10. The number of amides is 1. The Bertz CT molecular complexity index is 1240. The molecule has 1 aromatic heterocycles. The third-order valence-corrected chi connectivity index (χ3v) is 5.29. The number of carbonyl (C=O) groups is 1. The third kappa shape index (κ3) is 3.86. The van der Waals surface area contributed by atoms with Crippen molar-refractivity contribution in [3.63, 3.8) is 0 Å². The second kappa shape index (κ2) is 8.16. The fourth-order valence-corrected chi connectivity index (χ4v) is 3.42. The van der Waals surface area contributed by atoms with Gasteiger partial charge in [0.05, 0.1) is 16.7 Å². The molecule has 0 spiro atoms. The highest BCUT2D eigenvalue weighted by Crippen LogP contribution is 2.29. The van der Waals surface area contributed by atoms with Gasteiger partial charge >= 0.3 is 0 Å². The molecule has 0 aliphatic carbocycles. The molecule has 0 aliphatic rings. The zero-order chi connectivity index (χ0) is 21.3. The molecule has 4 aromatic rings. The van der Waals surface area contributed by atoms with Crippen LogP contribution in [0.1, 0.15) is 10.4 Å². The third-order valence-electron chi connectivity index (χ3n) is 4.76. The van der Waals surface area contributed by atoms with Crippen LogP contribution in [-0.4, -0.2) is 22.5 Å². The molecule has 0 radical (unpaired) electrons. The van der Waals surface area contributed by atoms with Crippen LogP contribution in [0.2, 0.25) is 0 Å². The number of imidazole rings is 1. The Morgan fingerprint density at radius 1 is 1.10 bits per heavy atom. The topological polar surface area (TPSA) is 71.0 Å². The molecule has 6 nitrogen and oxygen atoms in total. The lowest BCUT2D eigenvalue weighted by molar-refractivity contribution is 0.102. The van der Waals surface area contributed by atoms with Gasteiger partial charge in [0, 0.05) is 29.8 Å². The van der Waals surface area contributed by atoms with Crippen LogP contribution in [0.5, 0.6) is 0 Å². The Kier molecular flexibility index (Phi) is 5.41. The van der Waals surface area contributed by atoms with Gasteiger partial charge in [0.25, 0.3) is 5.91 Å². The van der Waals surface area contributed by atoms with E-state index in [0.717, 1.165) is 9.99 Å². The van der Waals surface area contributed by atoms with Gasteiger partial charge in [-0.1, -0.05) is 22.0 Å². The van der Waals surface area contributed by atoms with Crippen LogP contribution in [0, 0.1) is 5.82 Å². The lowest BCUT2D eigenvalue weighted by Gasteiger charge is -2.12. The molecule has 1 heterocycles. The lowest BCUT2D eigenvalue weighted by Crippen LogP contribution is -2.11. The number of benzene rings is 3. The van der Waals surface area contributed by atoms with Crippen LogP contribution in [0.15, 0.2) is 65.1 Å². The number of hydrogen-bond donors (Lipinski definition) is 3. The maximum atomic E-state index is 14.3. The number of rotatable bonds is 5. The second-order valence-electron chi connectivity index (χ2n) is 6.70. The van der Waals surface area contributed by atoms with E-state index in [1.165, 1.54) is 6.07 Å². The van der Waals surface area contributed by atoms with Gasteiger partial charge in [0.1, 0.15) is 11.5 Å². The molecule has 0 aliphatic heterocycles. The predicted octanol–water partition coefficient (Wildman–Crippen LogP) is 5.51. The van der Waals surface area contributed by atoms with Crippen molar-refractivity contribution in [3.05, 3.63) is 76.5 Å². The Morgan fingerprint density at radius 2 is 1.87 bits per heavy atom. The van der Waals surface area contributed by atoms with Crippen LogP contribution >= 0.6 is 15.9 Å². The summed E-state index contributed by atoms with van der Waals surface area (Å²) in [5, 5.41) is 8.88. The van der Waals surface area contributed by atoms with Gasteiger partial charge < -0.3 is 20.5 Å². The zero-order valence-corrected chi connectivity index (χ0v) is 17.9. The molecule has 0 unspecified atom stereocenters. The number of para-hydroxylation sites is 1. The summed E-state index contributed by atoms with van der Waals surface area (Å²) in [5.74, 6) is -0.147. The van der Waals surface area contributed by atoms with E-state index in [2.05, 4.69) is 36.9 Å². The van der Waals surface area contributed by atoms with E-state index in [0.29, 0.717) is 34.1 Å². The highest BCUT2D eigenvalue weighted by atomic mass is 79.9. The summed E-state index contributed by atoms with van der Waals surface area (Å²) in [6.07, 6.45) is 0. The SMILES string of the molecule is CNc1cccc(F)c1Nc1nc2cc(C(=O)Nc3ccc(Br)cc3)ccc2n1C. The number of hydrogen-bond acceptors (Lipinski definition) is 4. The van der Waals surface area contributed by atoms with E-state index < -0.39 is 0 Å². The van der Waals surface area contributed by atoms with Crippen molar-refractivity contribution in [2.45, 2.75) is 0 Å². The van der Waals surface area contributed by atoms with Crippen molar-refractivity contribution in [2.75, 3.05) is 23.0 Å². The molecule has 8 heteroatoms. The summed E-state index contributed by atoms with van der Waals surface area (Å²) in [6.45, 7) is 0. The lowest BCUT2D eigenvalue weighted by atomic mass is 10.2. The fraction of sp³-hybridized carbons (Fsp3) is 0.0909. The number of carbonyl (C=O) groups excluding carboxylic acids is 1. The zero-order valence-electron chi connectivity index (χ0n) is 16.3. The van der Waals surface area contributed by atoms with E-state index in [9.17, 15) is 9.18 Å². The number of nitrogens with one attached hydrogen (secondary N) is 3. The van der Waals surface area contributed by atoms with E-state index >= 15 is 0 Å². The van der Waals surface area contributed by atoms with Gasteiger partial charge in [-0.3, -0.25) is 4.79 Å². The van der Waals surface area contributed by atoms with Crippen molar-refractivity contribution in [1.82, 2.24) is 9.55 Å². The molecular formula is C22H19BrFN5O. The van der Waals surface area contributed by atoms with Crippen LogP contribution in [0.3, 0.4) is 0 Å². The molecular weight excluding hydrogens is 449 g/mol. The predicted molar refractivity (Wildman–Crippen MR) is 122 cm³/mol. The van der Waals surface area contributed by atoms with Crippen molar-refractivity contribution < 1.29 is 9.18 Å². The highest BCUT2D eigenvalue weighted by Gasteiger charge is 2.15. The average Bonchev–Trinajstić information content (AvgIpc) is 3.06. The minimum absolute atomic E-state index is 0.231. The monoisotopic (exact) mass is 467 g/mol. The van der Waals surface area contributed by atoms with E-state index in [4.69, 9.17) is 0 Å². The van der Waals surface area contributed by atoms with E-state index in [1.54, 1.807) is 31.3 Å². The van der Waals surface area contributed by atoms with Gasteiger partial charge in [-0.2, -0.15) is 0 Å². The molecule has 0 bridgehead atoms. The molecule has 0 fully saturated rings. The van der Waals surface area contributed by atoms with Crippen LogP contribution in [0.25, 0.3) is 11.0 Å². The molecule has 1 amide bonds. The van der Waals surface area contributed by atoms with E-state index in [-0.39, 0.29) is 11.7 Å². The summed E-state index contributed by atoms with van der Waals surface area (Å²) < 4.78 is 17.1. The molecule has 0 saturated carbocycles. The van der Waals surface area contributed by atoms with Gasteiger partial charge in [0.2, 0.25) is 5.95 Å². The Morgan fingerprint density at radius 3 is 2.60 bits per heavy atom. The summed E-state index contributed by atoms with van der Waals surface area (Å²) >= 11 is 3.37. The number of halogens is 2. The molecule has 4 rings (SSSR count). The van der Waals surface area contributed by atoms with Gasteiger partial charge in [0.15, 0.2) is 0 Å². The summed E-state index contributed by atoms with van der Waals surface area (Å²) in [5.41, 5.74) is 3.57. The first-order chi connectivity index (χ1) is 14.5.